The molecule has 0 radical (unpaired) electrons. The minimum Gasteiger partial charge on any atom is -0.370 e. The van der Waals surface area contributed by atoms with Crippen LogP contribution in [0.15, 0.2) is 0 Å². The number of rotatable bonds is 14. The highest BCUT2D eigenvalue weighted by atomic mass is 16.6. The fourth-order valence-electron chi connectivity index (χ4n) is 5.63. The third-order valence-electron chi connectivity index (χ3n) is 8.50. The first kappa shape index (κ1) is 25.3. The Kier molecular flexibility index (Phi) is 7.99. The van der Waals surface area contributed by atoms with Gasteiger partial charge in [-0.3, -0.25) is 9.59 Å². The van der Waals surface area contributed by atoms with Gasteiger partial charge in [0, 0.05) is 18.9 Å². The summed E-state index contributed by atoms with van der Waals surface area (Å²) in [4.78, 5) is 25.8. The van der Waals surface area contributed by atoms with Crippen LogP contribution in [0.4, 0.5) is 0 Å². The van der Waals surface area contributed by atoms with Crippen molar-refractivity contribution in [3.8, 4) is 0 Å². The zero-order valence-corrected chi connectivity index (χ0v) is 21.1. The quantitative estimate of drug-likeness (QED) is 0.271. The molecule has 7 unspecified atom stereocenters. The molecule has 33 heavy (non-hydrogen) atoms. The van der Waals surface area contributed by atoms with Gasteiger partial charge in [-0.05, 0) is 84.5 Å². The summed E-state index contributed by atoms with van der Waals surface area (Å²) in [7, 11) is 0. The molecule has 0 spiro atoms. The van der Waals surface area contributed by atoms with Crippen molar-refractivity contribution in [2.75, 3.05) is 13.2 Å². The maximum Gasteiger partial charge on any atom is 0.167 e. The van der Waals surface area contributed by atoms with Crippen molar-refractivity contribution in [3.05, 3.63) is 0 Å². The van der Waals surface area contributed by atoms with E-state index in [-0.39, 0.29) is 17.5 Å². The van der Waals surface area contributed by atoms with E-state index in [9.17, 15) is 9.59 Å². The molecule has 0 aromatic heterocycles. The molecule has 2 saturated heterocycles. The fraction of sp³-hybridized carbons (Fsp3) is 0.926. The van der Waals surface area contributed by atoms with Crippen molar-refractivity contribution in [1.82, 2.24) is 0 Å². The molecule has 6 heteroatoms. The Hall–Kier alpha value is -0.820. The molecule has 0 N–H and O–H groups in total. The van der Waals surface area contributed by atoms with Crippen LogP contribution in [0.25, 0.3) is 0 Å². The average Bonchev–Trinajstić information content (AvgIpc) is 3.72. The Bertz CT molecular complexity index is 705. The van der Waals surface area contributed by atoms with Crippen LogP contribution in [-0.4, -0.2) is 60.4 Å². The summed E-state index contributed by atoms with van der Waals surface area (Å²) in [5.41, 5.74) is -1.43. The van der Waals surface area contributed by atoms with Crippen molar-refractivity contribution in [2.45, 2.75) is 134 Å². The predicted molar refractivity (Wildman–Crippen MR) is 125 cm³/mol. The van der Waals surface area contributed by atoms with E-state index in [1.165, 1.54) is 0 Å². The molecule has 188 valence electrons. The van der Waals surface area contributed by atoms with Gasteiger partial charge in [0.2, 0.25) is 0 Å². The smallest absolute Gasteiger partial charge is 0.167 e. The van der Waals surface area contributed by atoms with Crippen molar-refractivity contribution < 1.29 is 28.5 Å². The second-order valence-electron chi connectivity index (χ2n) is 11.5. The summed E-state index contributed by atoms with van der Waals surface area (Å²) < 4.78 is 23.4. The molecule has 4 aliphatic rings. The number of carbonyl (C=O) groups is 2. The minimum absolute atomic E-state index is 0.0744. The van der Waals surface area contributed by atoms with Crippen molar-refractivity contribution in [3.63, 3.8) is 0 Å². The van der Waals surface area contributed by atoms with Gasteiger partial charge < -0.3 is 18.9 Å². The monoisotopic (exact) mass is 464 g/mol. The highest BCUT2D eigenvalue weighted by Crippen LogP contribution is 2.42. The Balaban J connectivity index is 1.09. The largest absolute Gasteiger partial charge is 0.370 e. The molecule has 6 nitrogen and oxygen atoms in total. The lowest BCUT2D eigenvalue weighted by atomic mass is 9.79. The number of fused-ring (bicyclic) bond motifs is 2. The van der Waals surface area contributed by atoms with Crippen LogP contribution in [0, 0.1) is 11.8 Å². The van der Waals surface area contributed by atoms with Gasteiger partial charge in [0.05, 0.1) is 31.0 Å². The van der Waals surface area contributed by atoms with Gasteiger partial charge in [0.15, 0.2) is 11.6 Å². The predicted octanol–water partition coefficient (Wildman–Crippen LogP) is 4.80. The first-order valence-corrected chi connectivity index (χ1v) is 13.4. The topological polar surface area (TPSA) is 77.7 Å². The maximum atomic E-state index is 13.1. The Morgan fingerprint density at radius 2 is 1.55 bits per heavy atom. The normalized spacial score (nSPS) is 34.7. The van der Waals surface area contributed by atoms with Crippen LogP contribution in [0.1, 0.15) is 98.3 Å². The Labute approximate surface area is 199 Å². The summed E-state index contributed by atoms with van der Waals surface area (Å²) in [5, 5.41) is 0. The van der Waals surface area contributed by atoms with E-state index in [0.717, 1.165) is 57.8 Å². The van der Waals surface area contributed by atoms with E-state index in [1.807, 2.05) is 27.7 Å². The standard InChI is InChI=1S/C27H44O6/c1-5-27(4,25(29)19-11-13-21-23(16-19)33-21)30-14-8-6-7-9-24(28)26(2,3)31-17-18-10-12-20-22(15-18)32-20/h18-23H,5-17H2,1-4H3. The third kappa shape index (κ3) is 6.45. The van der Waals surface area contributed by atoms with Gasteiger partial charge in [-0.25, -0.2) is 0 Å². The van der Waals surface area contributed by atoms with E-state index >= 15 is 0 Å². The lowest BCUT2D eigenvalue weighted by Crippen LogP contribution is -2.43. The molecular weight excluding hydrogens is 420 g/mol. The Morgan fingerprint density at radius 3 is 2.21 bits per heavy atom. The SMILES string of the molecule is CCC(C)(OCCCCCC(=O)C(C)(C)OCC1CCC2OC2C1)C(=O)C1CCC2OC2C1. The van der Waals surface area contributed by atoms with E-state index in [2.05, 4.69) is 0 Å². The zero-order chi connectivity index (χ0) is 23.6. The lowest BCUT2D eigenvalue weighted by molar-refractivity contribution is -0.148. The summed E-state index contributed by atoms with van der Waals surface area (Å²) in [6.07, 6.45) is 11.6. The summed E-state index contributed by atoms with van der Waals surface area (Å²) in [5.74, 6) is 1.01. The van der Waals surface area contributed by atoms with Crippen LogP contribution in [0.3, 0.4) is 0 Å². The van der Waals surface area contributed by atoms with Gasteiger partial charge in [0.1, 0.15) is 11.2 Å². The molecule has 4 fully saturated rings. The number of carbonyl (C=O) groups excluding carboxylic acids is 2. The molecule has 2 aliphatic carbocycles. The second kappa shape index (κ2) is 10.4. The summed E-state index contributed by atoms with van der Waals surface area (Å²) in [6.45, 7) is 8.98. The fourth-order valence-corrected chi connectivity index (χ4v) is 5.63. The number of epoxide rings is 2. The van der Waals surface area contributed by atoms with E-state index in [1.54, 1.807) is 0 Å². The van der Waals surface area contributed by atoms with E-state index in [0.29, 0.717) is 56.4 Å². The van der Waals surface area contributed by atoms with Crippen LogP contribution < -0.4 is 0 Å². The van der Waals surface area contributed by atoms with Crippen molar-refractivity contribution in [1.29, 1.82) is 0 Å². The number of ketones is 2. The van der Waals surface area contributed by atoms with Crippen molar-refractivity contribution >= 4 is 11.6 Å². The minimum atomic E-state index is -0.727. The number of hydrogen-bond donors (Lipinski definition) is 0. The Morgan fingerprint density at radius 1 is 0.848 bits per heavy atom. The van der Waals surface area contributed by atoms with Gasteiger partial charge in [-0.2, -0.15) is 0 Å². The number of hydrogen-bond acceptors (Lipinski definition) is 6. The molecule has 2 heterocycles. The van der Waals surface area contributed by atoms with Gasteiger partial charge in [0.25, 0.3) is 0 Å². The second-order valence-corrected chi connectivity index (χ2v) is 11.5. The molecular formula is C27H44O6. The summed E-state index contributed by atoms with van der Waals surface area (Å²) in [6, 6.07) is 0. The van der Waals surface area contributed by atoms with Gasteiger partial charge in [-0.15, -0.1) is 0 Å². The third-order valence-corrected chi connectivity index (χ3v) is 8.50. The molecule has 4 rings (SSSR count). The van der Waals surface area contributed by atoms with Crippen LogP contribution in [0.2, 0.25) is 0 Å². The maximum absolute atomic E-state index is 13.1. The van der Waals surface area contributed by atoms with E-state index in [4.69, 9.17) is 18.9 Å². The highest BCUT2D eigenvalue weighted by molar-refractivity contribution is 5.89. The first-order valence-electron chi connectivity index (χ1n) is 13.4. The molecule has 0 aromatic carbocycles. The number of Topliss-reactive ketones (excluding diaryl/α,β-unsaturated/α-hetero) is 2. The van der Waals surface area contributed by atoms with Crippen LogP contribution in [0.5, 0.6) is 0 Å². The molecule has 0 amide bonds. The van der Waals surface area contributed by atoms with Crippen molar-refractivity contribution in [2.24, 2.45) is 11.8 Å². The molecule has 7 atom stereocenters. The lowest BCUT2D eigenvalue weighted by Gasteiger charge is -2.32. The van der Waals surface area contributed by atoms with Gasteiger partial charge in [-0.1, -0.05) is 13.3 Å². The average molecular weight is 465 g/mol. The molecule has 2 aliphatic heterocycles. The van der Waals surface area contributed by atoms with Crippen LogP contribution in [-0.2, 0) is 28.5 Å². The molecule has 0 aromatic rings. The number of unbranched alkanes of at least 4 members (excludes halogenated alkanes) is 2. The first-order chi connectivity index (χ1) is 15.7. The van der Waals surface area contributed by atoms with E-state index < -0.39 is 11.2 Å². The molecule has 0 bridgehead atoms. The number of ether oxygens (including phenoxy) is 4. The summed E-state index contributed by atoms with van der Waals surface area (Å²) >= 11 is 0. The van der Waals surface area contributed by atoms with Gasteiger partial charge >= 0.3 is 0 Å². The zero-order valence-electron chi connectivity index (χ0n) is 21.1. The highest BCUT2D eigenvalue weighted by Gasteiger charge is 2.48. The molecule has 2 saturated carbocycles. The van der Waals surface area contributed by atoms with Crippen LogP contribution >= 0.6 is 0 Å².